The van der Waals surface area contributed by atoms with E-state index in [2.05, 4.69) is 33.2 Å². The Kier molecular flexibility index (Phi) is 3.73. The number of halogens is 1. The van der Waals surface area contributed by atoms with Crippen LogP contribution in [0.4, 0.5) is 11.4 Å². The Morgan fingerprint density at radius 1 is 1.40 bits per heavy atom. The van der Waals surface area contributed by atoms with Crippen molar-refractivity contribution in [2.24, 2.45) is 5.92 Å². The van der Waals surface area contributed by atoms with Crippen LogP contribution in [0, 0.1) is 5.92 Å². The van der Waals surface area contributed by atoms with Crippen LogP contribution in [0.3, 0.4) is 0 Å². The molecule has 1 unspecified atom stereocenters. The Hall–Kier alpha value is -1.07. The number of fused-ring (bicyclic) bond motifs is 1. The largest absolute Gasteiger partial charge is 0.378 e. The van der Waals surface area contributed by atoms with Gasteiger partial charge in [0.1, 0.15) is 0 Å². The van der Waals surface area contributed by atoms with E-state index < -0.39 is 6.10 Å². The van der Waals surface area contributed by atoms with Crippen LogP contribution in [0.2, 0.25) is 0 Å². The number of hydrogen-bond acceptors (Lipinski definition) is 3. The summed E-state index contributed by atoms with van der Waals surface area (Å²) in [5.74, 6) is 0.419. The number of amides is 1. The lowest BCUT2D eigenvalue weighted by Gasteiger charge is -2.25. The van der Waals surface area contributed by atoms with Crippen molar-refractivity contribution < 1.29 is 9.90 Å². The monoisotopic (exact) mass is 338 g/mol. The summed E-state index contributed by atoms with van der Waals surface area (Å²) in [6.07, 6.45) is 4.25. The van der Waals surface area contributed by atoms with Gasteiger partial charge in [-0.3, -0.25) is 4.79 Å². The molecule has 1 amide bonds. The topological polar surface area (TPSA) is 52.6 Å². The summed E-state index contributed by atoms with van der Waals surface area (Å²) in [5.41, 5.74) is 2.43. The van der Waals surface area contributed by atoms with Gasteiger partial charge in [-0.15, -0.1) is 0 Å². The van der Waals surface area contributed by atoms with Crippen molar-refractivity contribution in [1.29, 1.82) is 0 Å². The smallest absolute Gasteiger partial charge is 0.257 e. The molecule has 2 N–H and O–H groups in total. The molecule has 1 aliphatic carbocycles. The maximum atomic E-state index is 11.5. The second kappa shape index (κ2) is 5.37. The van der Waals surface area contributed by atoms with Crippen molar-refractivity contribution in [2.75, 3.05) is 23.8 Å². The predicted octanol–water partition coefficient (Wildman–Crippen LogP) is 3.06. The average Bonchev–Trinajstić information content (AvgIpc) is 3.00. The Labute approximate surface area is 127 Å². The number of benzene rings is 1. The number of hydrogen-bond donors (Lipinski definition) is 2. The fourth-order valence-electron chi connectivity index (χ4n) is 3.23. The van der Waals surface area contributed by atoms with E-state index >= 15 is 0 Å². The van der Waals surface area contributed by atoms with E-state index in [0.717, 1.165) is 28.3 Å². The molecule has 0 spiro atoms. The number of carbonyl (C=O) groups is 1. The highest BCUT2D eigenvalue weighted by Gasteiger charge is 2.30. The second-order valence-electron chi connectivity index (χ2n) is 5.81. The first-order valence-corrected chi connectivity index (χ1v) is 7.89. The van der Waals surface area contributed by atoms with Crippen LogP contribution in [0.5, 0.6) is 0 Å². The van der Waals surface area contributed by atoms with Crippen LogP contribution in [0.1, 0.15) is 37.4 Å². The van der Waals surface area contributed by atoms with E-state index in [9.17, 15) is 9.90 Å². The molecule has 3 rings (SSSR count). The highest BCUT2D eigenvalue weighted by atomic mass is 79.9. The van der Waals surface area contributed by atoms with Crippen molar-refractivity contribution in [1.82, 2.24) is 0 Å². The zero-order valence-corrected chi connectivity index (χ0v) is 13.1. The van der Waals surface area contributed by atoms with Gasteiger partial charge in [-0.25, -0.2) is 0 Å². The van der Waals surface area contributed by atoms with Crippen molar-refractivity contribution in [3.8, 4) is 0 Å². The first kappa shape index (κ1) is 13.9. The lowest BCUT2D eigenvalue weighted by Crippen LogP contribution is -2.24. The van der Waals surface area contributed by atoms with Crippen molar-refractivity contribution in [3.05, 3.63) is 22.2 Å². The number of nitrogens with one attached hydrogen (secondary N) is 1. The predicted molar refractivity (Wildman–Crippen MR) is 83.0 cm³/mol. The van der Waals surface area contributed by atoms with Gasteiger partial charge in [0, 0.05) is 29.3 Å². The molecule has 1 aromatic rings. The number of anilines is 2. The number of rotatable bonds is 3. The number of aliphatic hydroxyl groups is 1. The fraction of sp³-hybridized carbons (Fsp3) is 0.533. The minimum absolute atomic E-state index is 0.345. The molecule has 2 aliphatic rings. The summed E-state index contributed by atoms with van der Waals surface area (Å²) in [7, 11) is 2.08. The highest BCUT2D eigenvalue weighted by molar-refractivity contribution is 9.10. The zero-order chi connectivity index (χ0) is 14.3. The van der Waals surface area contributed by atoms with Gasteiger partial charge in [0.2, 0.25) is 0 Å². The molecule has 0 saturated heterocycles. The maximum Gasteiger partial charge on any atom is 0.257 e. The normalized spacial score (nSPS) is 21.9. The van der Waals surface area contributed by atoms with E-state index in [1.807, 2.05) is 12.1 Å². The Bertz CT molecular complexity index is 541. The highest BCUT2D eigenvalue weighted by Crippen LogP contribution is 2.39. The molecule has 20 heavy (non-hydrogen) atoms. The minimum Gasteiger partial charge on any atom is -0.378 e. The van der Waals surface area contributed by atoms with Crippen LogP contribution in [0.25, 0.3) is 0 Å². The van der Waals surface area contributed by atoms with Crippen LogP contribution in [-0.4, -0.2) is 24.6 Å². The summed E-state index contributed by atoms with van der Waals surface area (Å²) in [6.45, 7) is 1.04. The van der Waals surface area contributed by atoms with Crippen LogP contribution in [-0.2, 0) is 4.79 Å². The Balaban J connectivity index is 1.83. The molecule has 0 bridgehead atoms. The zero-order valence-electron chi connectivity index (χ0n) is 11.5. The summed E-state index contributed by atoms with van der Waals surface area (Å²) in [4.78, 5) is 13.7. The average molecular weight is 339 g/mol. The molecule has 1 saturated carbocycles. The standard InChI is InChI=1S/C15H19BrN2O2/c1-18(8-9-4-2-3-5-9)13-7-12-10(6-11(13)16)14(19)15(20)17-12/h6-7,9,14,19H,2-5,8H2,1H3,(H,17,20). The molecule has 1 heterocycles. The quantitative estimate of drug-likeness (QED) is 0.890. The first-order valence-electron chi connectivity index (χ1n) is 7.10. The van der Waals surface area contributed by atoms with Crippen molar-refractivity contribution in [3.63, 3.8) is 0 Å². The van der Waals surface area contributed by atoms with Crippen LogP contribution in [0.15, 0.2) is 16.6 Å². The van der Waals surface area contributed by atoms with Gasteiger partial charge in [0.05, 0.1) is 5.69 Å². The summed E-state index contributed by atoms with van der Waals surface area (Å²) in [6, 6.07) is 3.79. The van der Waals surface area contributed by atoms with E-state index in [1.54, 1.807) is 0 Å². The first-order chi connectivity index (χ1) is 9.56. The SMILES string of the molecule is CN(CC1CCCC1)c1cc2c(cc1Br)C(O)C(=O)N2. The lowest BCUT2D eigenvalue weighted by molar-refractivity contribution is -0.123. The van der Waals surface area contributed by atoms with Gasteiger partial charge in [0.25, 0.3) is 5.91 Å². The van der Waals surface area contributed by atoms with Gasteiger partial charge >= 0.3 is 0 Å². The molecule has 1 aliphatic heterocycles. The lowest BCUT2D eigenvalue weighted by atomic mass is 10.1. The third-order valence-corrected chi connectivity index (χ3v) is 4.97. The van der Waals surface area contributed by atoms with Crippen LogP contribution < -0.4 is 10.2 Å². The molecule has 4 nitrogen and oxygen atoms in total. The summed E-state index contributed by atoms with van der Waals surface area (Å²) >= 11 is 3.56. The number of aliphatic hydroxyl groups excluding tert-OH is 1. The molecule has 1 fully saturated rings. The molecule has 1 aromatic carbocycles. The second-order valence-corrected chi connectivity index (χ2v) is 6.67. The van der Waals surface area contributed by atoms with E-state index in [1.165, 1.54) is 25.7 Å². The molecular formula is C15H19BrN2O2. The molecule has 0 radical (unpaired) electrons. The van der Waals surface area contributed by atoms with Crippen molar-refractivity contribution in [2.45, 2.75) is 31.8 Å². The number of carbonyl (C=O) groups excluding carboxylic acids is 1. The molecule has 0 aromatic heterocycles. The van der Waals surface area contributed by atoms with Gasteiger partial charge < -0.3 is 15.3 Å². The van der Waals surface area contributed by atoms with Crippen molar-refractivity contribution >= 4 is 33.2 Å². The molecular weight excluding hydrogens is 320 g/mol. The van der Waals surface area contributed by atoms with Gasteiger partial charge in [0.15, 0.2) is 6.10 Å². The van der Waals surface area contributed by atoms with Gasteiger partial charge in [-0.05, 0) is 46.8 Å². The maximum absolute atomic E-state index is 11.5. The van der Waals surface area contributed by atoms with Crippen LogP contribution >= 0.6 is 15.9 Å². The third-order valence-electron chi connectivity index (χ3n) is 4.34. The fourth-order valence-corrected chi connectivity index (χ4v) is 3.89. The van der Waals surface area contributed by atoms with E-state index in [0.29, 0.717) is 5.56 Å². The third kappa shape index (κ3) is 2.44. The Morgan fingerprint density at radius 3 is 2.80 bits per heavy atom. The molecule has 5 heteroatoms. The molecule has 108 valence electrons. The molecule has 1 atom stereocenters. The summed E-state index contributed by atoms with van der Waals surface area (Å²) in [5, 5.41) is 12.5. The van der Waals surface area contributed by atoms with E-state index in [-0.39, 0.29) is 5.91 Å². The Morgan fingerprint density at radius 2 is 2.10 bits per heavy atom. The van der Waals surface area contributed by atoms with E-state index in [4.69, 9.17) is 0 Å². The summed E-state index contributed by atoms with van der Waals surface area (Å²) < 4.78 is 0.923. The minimum atomic E-state index is -1.05. The number of nitrogens with zero attached hydrogens (tertiary/aromatic N) is 1. The van der Waals surface area contributed by atoms with Gasteiger partial charge in [-0.2, -0.15) is 0 Å². The van der Waals surface area contributed by atoms with Gasteiger partial charge in [-0.1, -0.05) is 12.8 Å².